The van der Waals surface area contributed by atoms with E-state index >= 15 is 0 Å². The Labute approximate surface area is 203 Å². The summed E-state index contributed by atoms with van der Waals surface area (Å²) in [5.41, 5.74) is 2.91. The van der Waals surface area contributed by atoms with E-state index in [1.807, 2.05) is 54.6 Å². The number of fused-ring (bicyclic) bond motifs is 1. The standard InChI is InChI=1S/C26H24N2O6S/c1-33-23-13-11-20(12-14-23)18-35(31,32)28(17-19-7-3-2-4-8-19)24-15-21-9-5-6-10-22(21)16-25(24)34-26(29)27-30/h2-16,30H,17-18H2,1H3,(H,27,29). The molecular formula is C26H24N2O6S. The molecule has 0 aliphatic carbocycles. The van der Waals surface area contributed by atoms with Crippen LogP contribution in [0.5, 0.6) is 11.5 Å². The summed E-state index contributed by atoms with van der Waals surface area (Å²) in [5.74, 6) is 0.319. The van der Waals surface area contributed by atoms with Gasteiger partial charge in [0.25, 0.3) is 0 Å². The molecule has 1 amide bonds. The lowest BCUT2D eigenvalue weighted by atomic mass is 10.1. The number of nitrogens with one attached hydrogen (secondary N) is 1. The van der Waals surface area contributed by atoms with Crippen LogP contribution >= 0.6 is 0 Å². The second kappa shape index (κ2) is 10.5. The highest BCUT2D eigenvalue weighted by atomic mass is 32.2. The molecule has 0 bridgehead atoms. The van der Waals surface area contributed by atoms with Crippen LogP contribution in [0.1, 0.15) is 11.1 Å². The van der Waals surface area contributed by atoms with Crippen molar-refractivity contribution in [2.45, 2.75) is 12.3 Å². The molecule has 0 saturated heterocycles. The number of benzene rings is 4. The summed E-state index contributed by atoms with van der Waals surface area (Å²) in [6.45, 7) is 0.00870. The zero-order valence-electron chi connectivity index (χ0n) is 18.9. The lowest BCUT2D eigenvalue weighted by molar-refractivity contribution is 0.128. The SMILES string of the molecule is COc1ccc(CS(=O)(=O)N(Cc2ccccc2)c2cc3ccccc3cc2OC(=O)NO)cc1. The predicted molar refractivity (Wildman–Crippen MR) is 133 cm³/mol. The van der Waals surface area contributed by atoms with E-state index in [0.717, 1.165) is 16.3 Å². The number of rotatable bonds is 8. The molecule has 0 aliphatic rings. The van der Waals surface area contributed by atoms with Gasteiger partial charge in [0.2, 0.25) is 10.0 Å². The van der Waals surface area contributed by atoms with E-state index < -0.39 is 16.1 Å². The molecule has 4 aromatic rings. The smallest absolute Gasteiger partial charge is 0.436 e. The number of hydroxylamine groups is 1. The number of hydrogen-bond acceptors (Lipinski definition) is 6. The Balaban J connectivity index is 1.84. The van der Waals surface area contributed by atoms with Crippen molar-refractivity contribution in [3.05, 3.63) is 102 Å². The third-order valence-electron chi connectivity index (χ3n) is 5.40. The van der Waals surface area contributed by atoms with E-state index in [1.54, 1.807) is 36.4 Å². The Kier molecular flexibility index (Phi) is 7.19. The third kappa shape index (κ3) is 5.71. The minimum Gasteiger partial charge on any atom is -0.497 e. The maximum absolute atomic E-state index is 13.8. The highest BCUT2D eigenvalue weighted by molar-refractivity contribution is 7.92. The van der Waals surface area contributed by atoms with Gasteiger partial charge in [-0.2, -0.15) is 0 Å². The molecule has 8 nitrogen and oxygen atoms in total. The summed E-state index contributed by atoms with van der Waals surface area (Å²) < 4.78 is 39.2. The second-order valence-corrected chi connectivity index (χ2v) is 9.66. The van der Waals surface area contributed by atoms with Gasteiger partial charge in [-0.1, -0.05) is 66.7 Å². The first-order valence-electron chi connectivity index (χ1n) is 10.7. The van der Waals surface area contributed by atoms with Crippen molar-refractivity contribution in [3.63, 3.8) is 0 Å². The molecule has 0 atom stereocenters. The van der Waals surface area contributed by atoms with Crippen molar-refractivity contribution < 1.29 is 27.9 Å². The zero-order chi connectivity index (χ0) is 24.8. The monoisotopic (exact) mass is 492 g/mol. The zero-order valence-corrected chi connectivity index (χ0v) is 19.7. The molecule has 0 fully saturated rings. The topological polar surface area (TPSA) is 105 Å². The van der Waals surface area contributed by atoms with Gasteiger partial charge in [-0.05, 0) is 46.2 Å². The number of amides is 1. The quantitative estimate of drug-likeness (QED) is 0.269. The number of methoxy groups -OCH3 is 1. The van der Waals surface area contributed by atoms with E-state index in [2.05, 4.69) is 0 Å². The van der Waals surface area contributed by atoms with Crippen LogP contribution in [0, 0.1) is 0 Å². The highest BCUT2D eigenvalue weighted by Crippen LogP contribution is 2.37. The average molecular weight is 493 g/mol. The van der Waals surface area contributed by atoms with Crippen molar-refractivity contribution >= 4 is 32.6 Å². The van der Waals surface area contributed by atoms with Gasteiger partial charge >= 0.3 is 6.09 Å². The Bertz CT molecular complexity index is 1420. The van der Waals surface area contributed by atoms with Crippen molar-refractivity contribution in [3.8, 4) is 11.5 Å². The number of anilines is 1. The molecule has 0 saturated carbocycles. The summed E-state index contributed by atoms with van der Waals surface area (Å²) in [7, 11) is -2.42. The summed E-state index contributed by atoms with van der Waals surface area (Å²) in [6.07, 6.45) is -1.13. The molecule has 4 rings (SSSR count). The maximum atomic E-state index is 13.8. The van der Waals surface area contributed by atoms with Gasteiger partial charge in [0.15, 0.2) is 5.75 Å². The van der Waals surface area contributed by atoms with E-state index in [9.17, 15) is 13.2 Å². The van der Waals surface area contributed by atoms with Crippen LogP contribution in [0.25, 0.3) is 10.8 Å². The Morgan fingerprint density at radius 3 is 2.14 bits per heavy atom. The maximum Gasteiger partial charge on any atom is 0.436 e. The summed E-state index contributed by atoms with van der Waals surface area (Å²) in [4.78, 5) is 11.9. The lowest BCUT2D eigenvalue weighted by Gasteiger charge is -2.27. The molecule has 9 heteroatoms. The molecule has 0 unspecified atom stereocenters. The fourth-order valence-corrected chi connectivity index (χ4v) is 5.26. The third-order valence-corrected chi connectivity index (χ3v) is 7.10. The van der Waals surface area contributed by atoms with Gasteiger partial charge in [-0.25, -0.2) is 18.7 Å². The van der Waals surface area contributed by atoms with Gasteiger partial charge in [-0.3, -0.25) is 9.51 Å². The van der Waals surface area contributed by atoms with Gasteiger partial charge < -0.3 is 9.47 Å². The summed E-state index contributed by atoms with van der Waals surface area (Å²) >= 11 is 0. The minimum atomic E-state index is -3.96. The second-order valence-electron chi connectivity index (χ2n) is 7.76. The normalized spacial score (nSPS) is 11.1. The number of nitrogens with zero attached hydrogens (tertiary/aromatic N) is 1. The van der Waals surface area contributed by atoms with Gasteiger partial charge in [0.05, 0.1) is 25.1 Å². The van der Waals surface area contributed by atoms with E-state index in [-0.39, 0.29) is 23.7 Å². The van der Waals surface area contributed by atoms with E-state index in [1.165, 1.54) is 16.9 Å². The fourth-order valence-electron chi connectivity index (χ4n) is 3.70. The van der Waals surface area contributed by atoms with Crippen LogP contribution < -0.4 is 19.3 Å². The first kappa shape index (κ1) is 24.1. The highest BCUT2D eigenvalue weighted by Gasteiger charge is 2.27. The van der Waals surface area contributed by atoms with Crippen molar-refractivity contribution in [2.24, 2.45) is 0 Å². The number of carbonyl (C=O) groups is 1. The molecule has 180 valence electrons. The summed E-state index contributed by atoms with van der Waals surface area (Å²) in [5, 5.41) is 10.5. The van der Waals surface area contributed by atoms with Crippen LogP contribution in [0.15, 0.2) is 91.0 Å². The lowest BCUT2D eigenvalue weighted by Crippen LogP contribution is -2.33. The van der Waals surface area contributed by atoms with Crippen molar-refractivity contribution in [1.82, 2.24) is 5.48 Å². The molecular weight excluding hydrogens is 468 g/mol. The van der Waals surface area contributed by atoms with Gasteiger partial charge in [-0.15, -0.1) is 0 Å². The Morgan fingerprint density at radius 1 is 0.886 bits per heavy atom. The molecule has 4 aromatic carbocycles. The molecule has 0 radical (unpaired) electrons. The number of sulfonamides is 1. The van der Waals surface area contributed by atoms with Crippen LogP contribution in [0.3, 0.4) is 0 Å². The fraction of sp³-hybridized carbons (Fsp3) is 0.115. The van der Waals surface area contributed by atoms with Crippen LogP contribution in [0.2, 0.25) is 0 Å². The number of ether oxygens (including phenoxy) is 2. The molecule has 2 N–H and O–H groups in total. The Hall–Kier alpha value is -4.08. The summed E-state index contributed by atoms with van der Waals surface area (Å²) in [6, 6.07) is 26.4. The van der Waals surface area contributed by atoms with Crippen molar-refractivity contribution in [1.29, 1.82) is 0 Å². The first-order valence-corrected chi connectivity index (χ1v) is 12.3. The Morgan fingerprint density at radius 2 is 1.51 bits per heavy atom. The first-order chi connectivity index (χ1) is 16.9. The number of carbonyl (C=O) groups excluding carboxylic acids is 1. The molecule has 0 spiro atoms. The number of hydrogen-bond donors (Lipinski definition) is 2. The predicted octanol–water partition coefficient (Wildman–Crippen LogP) is 4.86. The van der Waals surface area contributed by atoms with E-state index in [0.29, 0.717) is 11.3 Å². The molecule has 0 heterocycles. The van der Waals surface area contributed by atoms with Crippen molar-refractivity contribution in [2.75, 3.05) is 11.4 Å². The molecule has 0 aliphatic heterocycles. The molecule has 0 aromatic heterocycles. The average Bonchev–Trinajstić information content (AvgIpc) is 2.87. The van der Waals surface area contributed by atoms with Gasteiger partial charge in [0.1, 0.15) is 5.75 Å². The minimum absolute atomic E-state index is 0.00870. The van der Waals surface area contributed by atoms with Gasteiger partial charge in [0, 0.05) is 0 Å². The van der Waals surface area contributed by atoms with E-state index in [4.69, 9.17) is 14.7 Å². The largest absolute Gasteiger partial charge is 0.497 e. The van der Waals surface area contributed by atoms with Crippen LogP contribution in [-0.4, -0.2) is 26.8 Å². The molecule has 35 heavy (non-hydrogen) atoms. The van der Waals surface area contributed by atoms with Crippen LogP contribution in [0.4, 0.5) is 10.5 Å². The van der Waals surface area contributed by atoms with Crippen LogP contribution in [-0.2, 0) is 22.3 Å².